The van der Waals surface area contributed by atoms with E-state index in [1.54, 1.807) is 24.3 Å². The maximum Gasteiger partial charge on any atom is 0.129 e. The Hall–Kier alpha value is -1.94. The Bertz CT molecular complexity index is 567. The van der Waals surface area contributed by atoms with E-state index in [1.165, 1.54) is 0 Å². The molecule has 1 atom stereocenters. The lowest BCUT2D eigenvalue weighted by Crippen LogP contribution is -2.03. The molecule has 0 aliphatic rings. The van der Waals surface area contributed by atoms with E-state index >= 15 is 0 Å². The Morgan fingerprint density at radius 3 is 2.45 bits per heavy atom. The molecule has 0 bridgehead atoms. The van der Waals surface area contributed by atoms with E-state index in [2.05, 4.69) is 0 Å². The number of hydrogen-bond donors (Lipinski definition) is 1. The van der Waals surface area contributed by atoms with E-state index in [-0.39, 0.29) is 5.56 Å². The van der Waals surface area contributed by atoms with E-state index in [4.69, 9.17) is 4.74 Å². The van der Waals surface area contributed by atoms with Crippen molar-refractivity contribution in [2.45, 2.75) is 19.4 Å². The van der Waals surface area contributed by atoms with Gasteiger partial charge in [0.15, 0.2) is 0 Å². The van der Waals surface area contributed by atoms with Gasteiger partial charge in [-0.2, -0.15) is 0 Å². The van der Waals surface area contributed by atoms with Crippen LogP contribution in [0.2, 0.25) is 0 Å². The molecule has 0 heterocycles. The first kappa shape index (κ1) is 14.5. The summed E-state index contributed by atoms with van der Waals surface area (Å²) in [5.74, 6) is -0.531. The fourth-order valence-electron chi connectivity index (χ4n) is 1.87. The van der Waals surface area contributed by atoms with Crippen LogP contribution in [0, 0.1) is 11.6 Å². The van der Waals surface area contributed by atoms with Gasteiger partial charge in [-0.05, 0) is 42.3 Å². The third-order valence-electron chi connectivity index (χ3n) is 2.92. The molecule has 0 saturated carbocycles. The Kier molecular flexibility index (Phi) is 4.69. The number of rotatable bonds is 5. The second-order valence-electron chi connectivity index (χ2n) is 4.49. The molecule has 2 aromatic carbocycles. The van der Waals surface area contributed by atoms with Gasteiger partial charge in [0.2, 0.25) is 0 Å². The van der Waals surface area contributed by atoms with Crippen LogP contribution >= 0.6 is 0 Å². The van der Waals surface area contributed by atoms with Crippen molar-refractivity contribution >= 4 is 0 Å². The monoisotopic (exact) mass is 278 g/mol. The smallest absolute Gasteiger partial charge is 0.129 e. The predicted molar refractivity (Wildman–Crippen MR) is 72.6 cm³/mol. The lowest BCUT2D eigenvalue weighted by atomic mass is 10.0. The summed E-state index contributed by atoms with van der Waals surface area (Å²) in [6.45, 7) is 2.62. The highest BCUT2D eigenvalue weighted by Gasteiger charge is 2.15. The molecular weight excluding hydrogens is 262 g/mol. The average molecular weight is 278 g/mol. The Balaban J connectivity index is 2.20. The van der Waals surface area contributed by atoms with Crippen LogP contribution in [-0.4, -0.2) is 11.7 Å². The van der Waals surface area contributed by atoms with Crippen molar-refractivity contribution in [1.82, 2.24) is 0 Å². The van der Waals surface area contributed by atoms with Crippen molar-refractivity contribution in [2.75, 3.05) is 6.61 Å². The quantitative estimate of drug-likeness (QED) is 0.900. The molecule has 2 rings (SSSR count). The summed E-state index contributed by atoms with van der Waals surface area (Å²) in [7, 11) is 0. The van der Waals surface area contributed by atoms with Gasteiger partial charge in [0.25, 0.3) is 0 Å². The van der Waals surface area contributed by atoms with Crippen LogP contribution < -0.4 is 4.74 Å². The molecular formula is C16H16F2O2. The number of aliphatic hydroxyl groups excluding tert-OH is 1. The van der Waals surface area contributed by atoms with Crippen LogP contribution in [0.5, 0.6) is 5.75 Å². The third-order valence-corrected chi connectivity index (χ3v) is 2.92. The molecule has 2 nitrogen and oxygen atoms in total. The largest absolute Gasteiger partial charge is 0.494 e. The molecule has 0 fully saturated rings. The molecule has 4 heteroatoms. The van der Waals surface area contributed by atoms with Gasteiger partial charge in [0.05, 0.1) is 6.61 Å². The molecule has 0 radical (unpaired) electrons. The van der Waals surface area contributed by atoms with Crippen LogP contribution in [0.1, 0.15) is 30.6 Å². The highest BCUT2D eigenvalue weighted by Crippen LogP contribution is 2.26. The number of hydrogen-bond acceptors (Lipinski definition) is 2. The first-order valence-corrected chi connectivity index (χ1v) is 6.47. The fourth-order valence-corrected chi connectivity index (χ4v) is 1.87. The first-order chi connectivity index (χ1) is 9.61. The highest BCUT2D eigenvalue weighted by atomic mass is 19.1. The van der Waals surface area contributed by atoms with Gasteiger partial charge in [-0.15, -0.1) is 0 Å². The van der Waals surface area contributed by atoms with Gasteiger partial charge in [-0.25, -0.2) is 8.78 Å². The minimum Gasteiger partial charge on any atom is -0.494 e. The SMILES string of the molecule is CCCOc1ccc(C(O)c2cc(F)ccc2F)cc1. The van der Waals surface area contributed by atoms with E-state index < -0.39 is 17.7 Å². The van der Waals surface area contributed by atoms with Crippen LogP contribution in [0.25, 0.3) is 0 Å². The zero-order valence-electron chi connectivity index (χ0n) is 11.1. The summed E-state index contributed by atoms with van der Waals surface area (Å²) >= 11 is 0. The Morgan fingerprint density at radius 2 is 1.80 bits per heavy atom. The normalized spacial score (nSPS) is 12.2. The van der Waals surface area contributed by atoms with Crippen molar-refractivity contribution in [1.29, 1.82) is 0 Å². The summed E-state index contributed by atoms with van der Waals surface area (Å²) in [6, 6.07) is 9.71. The molecule has 0 saturated heterocycles. The Morgan fingerprint density at radius 1 is 1.10 bits per heavy atom. The molecule has 2 aromatic rings. The number of benzene rings is 2. The molecule has 20 heavy (non-hydrogen) atoms. The van der Waals surface area contributed by atoms with E-state index in [9.17, 15) is 13.9 Å². The summed E-state index contributed by atoms with van der Waals surface area (Å²) in [5, 5.41) is 10.1. The number of aliphatic hydroxyl groups is 1. The molecule has 0 aromatic heterocycles. The topological polar surface area (TPSA) is 29.5 Å². The second-order valence-corrected chi connectivity index (χ2v) is 4.49. The van der Waals surface area contributed by atoms with Crippen molar-refractivity contribution in [3.63, 3.8) is 0 Å². The summed E-state index contributed by atoms with van der Waals surface area (Å²) in [4.78, 5) is 0. The van der Waals surface area contributed by atoms with E-state index in [0.717, 1.165) is 24.6 Å². The summed E-state index contributed by atoms with van der Waals surface area (Å²) in [5.41, 5.74) is 0.408. The number of halogens is 2. The zero-order valence-corrected chi connectivity index (χ0v) is 11.1. The fraction of sp³-hybridized carbons (Fsp3) is 0.250. The predicted octanol–water partition coefficient (Wildman–Crippen LogP) is 3.84. The molecule has 0 amide bonds. The highest BCUT2D eigenvalue weighted by molar-refractivity contribution is 5.34. The zero-order chi connectivity index (χ0) is 14.5. The lowest BCUT2D eigenvalue weighted by Gasteiger charge is -2.13. The van der Waals surface area contributed by atoms with Crippen LogP contribution in [0.4, 0.5) is 8.78 Å². The minimum atomic E-state index is -1.20. The van der Waals surface area contributed by atoms with Crippen LogP contribution in [0.3, 0.4) is 0 Å². The summed E-state index contributed by atoms with van der Waals surface area (Å²) in [6.07, 6.45) is -0.301. The van der Waals surface area contributed by atoms with Gasteiger partial charge in [-0.1, -0.05) is 19.1 Å². The summed E-state index contributed by atoms with van der Waals surface area (Å²) < 4.78 is 32.2. The molecule has 106 valence electrons. The van der Waals surface area contributed by atoms with Gasteiger partial charge >= 0.3 is 0 Å². The molecule has 0 aliphatic carbocycles. The maximum absolute atomic E-state index is 13.6. The third kappa shape index (κ3) is 3.33. The molecule has 1 N–H and O–H groups in total. The van der Waals surface area contributed by atoms with E-state index in [1.807, 2.05) is 6.92 Å². The van der Waals surface area contributed by atoms with Crippen molar-refractivity contribution < 1.29 is 18.6 Å². The first-order valence-electron chi connectivity index (χ1n) is 6.47. The minimum absolute atomic E-state index is 0.0766. The van der Waals surface area contributed by atoms with Gasteiger partial charge in [0, 0.05) is 5.56 Å². The van der Waals surface area contributed by atoms with Crippen molar-refractivity contribution in [2.24, 2.45) is 0 Å². The van der Waals surface area contributed by atoms with Crippen molar-refractivity contribution in [3.8, 4) is 5.75 Å². The second kappa shape index (κ2) is 6.48. The van der Waals surface area contributed by atoms with E-state index in [0.29, 0.717) is 17.9 Å². The van der Waals surface area contributed by atoms with Crippen LogP contribution in [0.15, 0.2) is 42.5 Å². The maximum atomic E-state index is 13.6. The lowest BCUT2D eigenvalue weighted by molar-refractivity contribution is 0.214. The van der Waals surface area contributed by atoms with Crippen molar-refractivity contribution in [3.05, 3.63) is 65.2 Å². The molecule has 1 unspecified atom stereocenters. The van der Waals surface area contributed by atoms with Gasteiger partial charge in [0.1, 0.15) is 23.5 Å². The molecule has 0 aliphatic heterocycles. The van der Waals surface area contributed by atoms with Crippen LogP contribution in [-0.2, 0) is 0 Å². The molecule has 0 spiro atoms. The Labute approximate surface area is 116 Å². The average Bonchev–Trinajstić information content (AvgIpc) is 2.47. The standard InChI is InChI=1S/C16H16F2O2/c1-2-9-20-13-6-3-11(4-7-13)16(19)14-10-12(17)5-8-15(14)18/h3-8,10,16,19H,2,9H2,1H3. The van der Waals surface area contributed by atoms with Gasteiger partial charge in [-0.3, -0.25) is 0 Å². The van der Waals surface area contributed by atoms with Gasteiger partial charge < -0.3 is 9.84 Å². The number of ether oxygens (including phenoxy) is 1.